The summed E-state index contributed by atoms with van der Waals surface area (Å²) < 4.78 is 4.69. The summed E-state index contributed by atoms with van der Waals surface area (Å²) in [5, 5.41) is 5.19. The van der Waals surface area contributed by atoms with Crippen LogP contribution in [0.2, 0.25) is 0 Å². The zero-order valence-electron chi connectivity index (χ0n) is 11.7. The fraction of sp³-hybridized carbons (Fsp3) is 0.571. The van der Waals surface area contributed by atoms with Gasteiger partial charge in [0.15, 0.2) is 6.54 Å². The fourth-order valence-electron chi connectivity index (χ4n) is 2.48. The van der Waals surface area contributed by atoms with Crippen LogP contribution in [0, 0.1) is 0 Å². The van der Waals surface area contributed by atoms with Crippen molar-refractivity contribution >= 4 is 28.2 Å². The van der Waals surface area contributed by atoms with Crippen LogP contribution >= 0.6 is 11.3 Å². The molecule has 1 saturated heterocycles. The Morgan fingerprint density at radius 1 is 1.30 bits per heavy atom. The standard InChI is InChI=1S/C14H20N2O3S/c1-19-14(18)11-6-9-20-13(11)15-12(17)10-16-7-4-2-3-5-8-16/h6,9H,2-5,7-8,10H2,1H3,(H,15,17)/p+1. The number of quaternary nitrogens is 1. The number of carbonyl (C=O) groups is 2. The Kier molecular flexibility index (Phi) is 5.55. The van der Waals surface area contributed by atoms with E-state index in [1.54, 1.807) is 11.4 Å². The zero-order valence-corrected chi connectivity index (χ0v) is 12.6. The van der Waals surface area contributed by atoms with Gasteiger partial charge in [-0.1, -0.05) is 0 Å². The van der Waals surface area contributed by atoms with E-state index in [0.717, 1.165) is 13.1 Å². The molecule has 1 amide bonds. The number of thiophene rings is 1. The fourth-order valence-corrected chi connectivity index (χ4v) is 3.27. The van der Waals surface area contributed by atoms with Gasteiger partial charge in [-0.15, -0.1) is 11.3 Å². The van der Waals surface area contributed by atoms with Gasteiger partial charge in [-0.25, -0.2) is 4.79 Å². The Bertz CT molecular complexity index is 465. The Balaban J connectivity index is 1.91. The number of methoxy groups -OCH3 is 1. The van der Waals surface area contributed by atoms with Crippen molar-refractivity contribution in [3.8, 4) is 0 Å². The zero-order chi connectivity index (χ0) is 14.4. The quantitative estimate of drug-likeness (QED) is 0.813. The molecule has 2 N–H and O–H groups in total. The molecule has 0 bridgehead atoms. The van der Waals surface area contributed by atoms with E-state index >= 15 is 0 Å². The van der Waals surface area contributed by atoms with Gasteiger partial charge in [0.25, 0.3) is 5.91 Å². The third-order valence-corrected chi connectivity index (χ3v) is 4.37. The second-order valence-corrected chi connectivity index (χ2v) is 5.96. The number of amides is 1. The first-order valence-corrected chi connectivity index (χ1v) is 7.88. The SMILES string of the molecule is COC(=O)c1ccsc1NC(=O)C[NH+]1CCCCCC1. The molecular weight excluding hydrogens is 276 g/mol. The van der Waals surface area contributed by atoms with E-state index in [0.29, 0.717) is 17.1 Å². The molecule has 2 heterocycles. The van der Waals surface area contributed by atoms with E-state index in [4.69, 9.17) is 4.74 Å². The second-order valence-electron chi connectivity index (χ2n) is 5.04. The van der Waals surface area contributed by atoms with Crippen molar-refractivity contribution in [1.29, 1.82) is 0 Å². The van der Waals surface area contributed by atoms with E-state index in [1.165, 1.54) is 49.0 Å². The highest BCUT2D eigenvalue weighted by molar-refractivity contribution is 7.14. The van der Waals surface area contributed by atoms with Gasteiger partial charge in [0, 0.05) is 0 Å². The molecular formula is C14H21N2O3S+. The number of esters is 1. The topological polar surface area (TPSA) is 59.8 Å². The first-order valence-electron chi connectivity index (χ1n) is 7.00. The van der Waals surface area contributed by atoms with Crippen molar-refractivity contribution in [2.45, 2.75) is 25.7 Å². The minimum Gasteiger partial charge on any atom is -0.465 e. The lowest BCUT2D eigenvalue weighted by atomic mass is 10.2. The molecule has 110 valence electrons. The Morgan fingerprint density at radius 2 is 2.00 bits per heavy atom. The van der Waals surface area contributed by atoms with Gasteiger partial charge in [-0.05, 0) is 37.1 Å². The molecule has 5 nitrogen and oxygen atoms in total. The van der Waals surface area contributed by atoms with Crippen molar-refractivity contribution in [3.05, 3.63) is 17.0 Å². The van der Waals surface area contributed by atoms with Crippen LogP contribution in [0.1, 0.15) is 36.0 Å². The van der Waals surface area contributed by atoms with Crippen LogP contribution in [0.5, 0.6) is 0 Å². The van der Waals surface area contributed by atoms with Crippen molar-refractivity contribution in [2.24, 2.45) is 0 Å². The van der Waals surface area contributed by atoms with E-state index in [1.807, 2.05) is 0 Å². The van der Waals surface area contributed by atoms with Gasteiger partial charge < -0.3 is 15.0 Å². The Morgan fingerprint density at radius 3 is 2.65 bits per heavy atom. The average Bonchev–Trinajstić information content (AvgIpc) is 2.73. The van der Waals surface area contributed by atoms with Crippen molar-refractivity contribution in [2.75, 3.05) is 32.1 Å². The highest BCUT2D eigenvalue weighted by atomic mass is 32.1. The number of anilines is 1. The molecule has 0 radical (unpaired) electrons. The summed E-state index contributed by atoms with van der Waals surface area (Å²) in [6, 6.07) is 1.67. The minimum absolute atomic E-state index is 0.0329. The van der Waals surface area contributed by atoms with Crippen LogP contribution in [-0.4, -0.2) is 38.6 Å². The van der Waals surface area contributed by atoms with Crippen molar-refractivity contribution in [3.63, 3.8) is 0 Å². The van der Waals surface area contributed by atoms with Crippen LogP contribution in [-0.2, 0) is 9.53 Å². The minimum atomic E-state index is -0.413. The largest absolute Gasteiger partial charge is 0.465 e. The first-order chi connectivity index (χ1) is 9.70. The van der Waals surface area contributed by atoms with Gasteiger partial charge in [-0.2, -0.15) is 0 Å². The highest BCUT2D eigenvalue weighted by Crippen LogP contribution is 2.23. The molecule has 0 unspecified atom stereocenters. The summed E-state index contributed by atoms with van der Waals surface area (Å²) in [7, 11) is 1.34. The summed E-state index contributed by atoms with van der Waals surface area (Å²) in [6.07, 6.45) is 4.91. The summed E-state index contributed by atoms with van der Waals surface area (Å²) in [6.45, 7) is 2.59. The molecule has 2 rings (SSSR count). The van der Waals surface area contributed by atoms with Gasteiger partial charge in [0.2, 0.25) is 0 Å². The van der Waals surface area contributed by atoms with E-state index < -0.39 is 5.97 Å². The van der Waals surface area contributed by atoms with Crippen LogP contribution in [0.25, 0.3) is 0 Å². The van der Waals surface area contributed by atoms with Gasteiger partial charge in [0.05, 0.1) is 25.8 Å². The summed E-state index contributed by atoms with van der Waals surface area (Å²) >= 11 is 1.35. The van der Waals surface area contributed by atoms with Crippen molar-refractivity contribution in [1.82, 2.24) is 0 Å². The molecule has 0 spiro atoms. The van der Waals surface area contributed by atoms with E-state index in [9.17, 15) is 9.59 Å². The molecule has 6 heteroatoms. The summed E-state index contributed by atoms with van der Waals surface area (Å²) in [4.78, 5) is 24.9. The normalized spacial score (nSPS) is 16.4. The molecule has 1 fully saturated rings. The van der Waals surface area contributed by atoms with Crippen LogP contribution < -0.4 is 10.2 Å². The third kappa shape index (κ3) is 4.05. The maximum atomic E-state index is 12.1. The molecule has 1 aliphatic heterocycles. The molecule has 0 saturated carbocycles. The lowest BCUT2D eigenvalue weighted by Gasteiger charge is -2.16. The number of rotatable bonds is 4. The van der Waals surface area contributed by atoms with Crippen molar-refractivity contribution < 1.29 is 19.2 Å². The predicted octanol–water partition coefficient (Wildman–Crippen LogP) is 0.932. The Hall–Kier alpha value is -1.40. The molecule has 0 atom stereocenters. The second kappa shape index (κ2) is 7.40. The summed E-state index contributed by atoms with van der Waals surface area (Å²) in [5.74, 6) is -0.446. The van der Waals surface area contributed by atoms with Gasteiger partial charge >= 0.3 is 5.97 Å². The van der Waals surface area contributed by atoms with Crippen LogP contribution in [0.3, 0.4) is 0 Å². The van der Waals surface area contributed by atoms with E-state index in [2.05, 4.69) is 5.32 Å². The number of ether oxygens (including phenoxy) is 1. The lowest BCUT2D eigenvalue weighted by molar-refractivity contribution is -0.890. The monoisotopic (exact) mass is 297 g/mol. The molecule has 0 aliphatic carbocycles. The molecule has 1 aromatic heterocycles. The Labute approximate surface area is 122 Å². The molecule has 0 aromatic carbocycles. The molecule has 20 heavy (non-hydrogen) atoms. The average molecular weight is 297 g/mol. The maximum absolute atomic E-state index is 12.1. The van der Waals surface area contributed by atoms with Gasteiger partial charge in [-0.3, -0.25) is 4.79 Å². The molecule has 1 aromatic rings. The highest BCUT2D eigenvalue weighted by Gasteiger charge is 2.19. The number of nitrogens with one attached hydrogen (secondary N) is 2. The lowest BCUT2D eigenvalue weighted by Crippen LogP contribution is -3.12. The number of carbonyl (C=O) groups excluding carboxylic acids is 2. The van der Waals surface area contributed by atoms with Crippen LogP contribution in [0.15, 0.2) is 11.4 Å². The van der Waals surface area contributed by atoms with Gasteiger partial charge in [0.1, 0.15) is 5.00 Å². The maximum Gasteiger partial charge on any atom is 0.340 e. The third-order valence-electron chi connectivity index (χ3n) is 3.54. The number of hydrogen-bond donors (Lipinski definition) is 2. The van der Waals surface area contributed by atoms with Crippen LogP contribution in [0.4, 0.5) is 5.00 Å². The molecule has 1 aliphatic rings. The number of hydrogen-bond acceptors (Lipinski definition) is 4. The smallest absolute Gasteiger partial charge is 0.340 e. The summed E-state index contributed by atoms with van der Waals surface area (Å²) in [5.41, 5.74) is 0.428. The van der Waals surface area contributed by atoms with E-state index in [-0.39, 0.29) is 5.91 Å². The number of likely N-dealkylation sites (tertiary alicyclic amines) is 1. The predicted molar refractivity (Wildman–Crippen MR) is 78.3 cm³/mol. The first kappa shape index (κ1) is 15.0.